The number of aromatic hydroxyl groups is 1. The van der Waals surface area contributed by atoms with Crippen molar-refractivity contribution in [3.05, 3.63) is 18.2 Å². The Hall–Kier alpha value is -1.76. The molecular weight excluding hydrogens is 417 g/mol. The van der Waals surface area contributed by atoms with Crippen molar-refractivity contribution in [2.75, 3.05) is 5.32 Å². The fraction of sp³-hybridized carbons (Fsp3) is 0.556. The number of nitrogens with one attached hydrogen (secondary N) is 1. The number of unbranched alkanes of at least 4 members (excludes halogenated alkanes) is 1. The van der Waals surface area contributed by atoms with Gasteiger partial charge in [0.05, 0.1) is 0 Å². The van der Waals surface area contributed by atoms with E-state index in [9.17, 15) is 18.4 Å². The van der Waals surface area contributed by atoms with E-state index in [0.717, 1.165) is 18.9 Å². The van der Waals surface area contributed by atoms with Crippen LogP contribution in [0.3, 0.4) is 0 Å². The minimum absolute atomic E-state index is 0.00951. The number of anilines is 1. The van der Waals surface area contributed by atoms with Crippen molar-refractivity contribution < 1.29 is 31.7 Å². The van der Waals surface area contributed by atoms with Crippen LogP contribution in [0.15, 0.2) is 18.2 Å². The summed E-state index contributed by atoms with van der Waals surface area (Å²) in [6, 6.07) is 3.83. The number of para-hydroxylation sites is 1. The molecule has 0 aromatic heterocycles. The summed E-state index contributed by atoms with van der Waals surface area (Å²) in [5.74, 6) is -0.984. The number of phenolic OH excluding ortho intramolecular Hbond substituents is 1. The molecule has 1 rings (SSSR count). The first kappa shape index (κ1) is 25.2. The minimum atomic E-state index is -5.15. The Morgan fingerprint density at radius 1 is 1.19 bits per heavy atom. The van der Waals surface area contributed by atoms with Crippen LogP contribution in [0, 0.1) is 5.92 Å². The van der Waals surface area contributed by atoms with Gasteiger partial charge < -0.3 is 5.11 Å². The largest absolute Gasteiger partial charge is 0.481 e. The van der Waals surface area contributed by atoms with E-state index >= 15 is 0 Å². The average molecular weight is 447 g/mol. The molecule has 0 heterocycles. The maximum absolute atomic E-state index is 11.0. The summed E-state index contributed by atoms with van der Waals surface area (Å²) < 4.78 is 28.4. The second-order valence-electron chi connectivity index (χ2n) is 6.43. The fourth-order valence-corrected chi connectivity index (χ4v) is 3.78. The van der Waals surface area contributed by atoms with Gasteiger partial charge in [-0.05, 0) is 12.3 Å². The zero-order chi connectivity index (χ0) is 21.0. The number of benzene rings is 1. The van der Waals surface area contributed by atoms with E-state index in [0.29, 0.717) is 12.3 Å². The summed E-state index contributed by atoms with van der Waals surface area (Å²) >= 11 is -5.15. The molecule has 0 aliphatic carbocycles. The molecule has 0 fully saturated rings. The SMILES string of the molecule is CC(=O)Nc1cccc([As](=O)(O)O)c1O.CCCCC(C)CCCC(=O)O. The van der Waals surface area contributed by atoms with Gasteiger partial charge in [-0.25, -0.2) is 0 Å². The topological polar surface area (TPSA) is 144 Å². The van der Waals surface area contributed by atoms with Gasteiger partial charge in [0.2, 0.25) is 0 Å². The second-order valence-corrected chi connectivity index (χ2v) is 9.73. The Kier molecular flexibility index (Phi) is 11.8. The number of carbonyl (C=O) groups is 2. The van der Waals surface area contributed by atoms with Crippen LogP contribution >= 0.6 is 0 Å². The number of phenols is 1. The molecule has 8 nitrogen and oxygen atoms in total. The van der Waals surface area contributed by atoms with E-state index in [-0.39, 0.29) is 5.69 Å². The smallest absolute Gasteiger partial charge is 0.303 e. The van der Waals surface area contributed by atoms with Crippen LogP contribution in [0.25, 0.3) is 0 Å². The average Bonchev–Trinajstić information content (AvgIpc) is 2.53. The van der Waals surface area contributed by atoms with E-state index in [4.69, 9.17) is 13.3 Å². The predicted octanol–water partition coefficient (Wildman–Crippen LogP) is 1.98. The zero-order valence-corrected chi connectivity index (χ0v) is 17.9. The van der Waals surface area contributed by atoms with Gasteiger partial charge in [0.1, 0.15) is 0 Å². The third kappa shape index (κ3) is 11.5. The zero-order valence-electron chi connectivity index (χ0n) is 16.0. The monoisotopic (exact) mass is 447 g/mol. The van der Waals surface area contributed by atoms with Gasteiger partial charge in [-0.2, -0.15) is 0 Å². The maximum atomic E-state index is 11.0. The van der Waals surface area contributed by atoms with Crippen molar-refractivity contribution in [2.45, 2.75) is 59.3 Å². The van der Waals surface area contributed by atoms with Crippen LogP contribution < -0.4 is 9.67 Å². The van der Waals surface area contributed by atoms with E-state index in [1.165, 1.54) is 38.3 Å². The van der Waals surface area contributed by atoms with Crippen molar-refractivity contribution in [1.82, 2.24) is 0 Å². The number of amides is 1. The number of hydrogen-bond acceptors (Lipinski definition) is 4. The molecule has 5 N–H and O–H groups in total. The Morgan fingerprint density at radius 2 is 1.78 bits per heavy atom. The molecule has 0 saturated heterocycles. The van der Waals surface area contributed by atoms with E-state index in [2.05, 4.69) is 19.2 Å². The van der Waals surface area contributed by atoms with Gasteiger partial charge >= 0.3 is 94.1 Å². The molecule has 0 aliphatic rings. The molecule has 0 spiro atoms. The minimum Gasteiger partial charge on any atom is -0.481 e. The fourth-order valence-electron chi connectivity index (χ4n) is 2.36. The number of carboxylic acids is 1. The molecule has 1 amide bonds. The first-order chi connectivity index (χ1) is 12.5. The molecule has 0 radical (unpaired) electrons. The predicted molar refractivity (Wildman–Crippen MR) is 103 cm³/mol. The van der Waals surface area contributed by atoms with Gasteiger partial charge in [-0.1, -0.05) is 39.5 Å². The Balaban J connectivity index is 0.000000516. The third-order valence-electron chi connectivity index (χ3n) is 3.78. The normalized spacial score (nSPS) is 11.9. The van der Waals surface area contributed by atoms with Crippen molar-refractivity contribution in [3.8, 4) is 5.75 Å². The summed E-state index contributed by atoms with van der Waals surface area (Å²) in [5.41, 5.74) is -0.00951. The van der Waals surface area contributed by atoms with E-state index < -0.39 is 36.1 Å². The van der Waals surface area contributed by atoms with Gasteiger partial charge in [0.15, 0.2) is 0 Å². The second kappa shape index (κ2) is 12.6. The van der Waals surface area contributed by atoms with Gasteiger partial charge in [-0.3, -0.25) is 4.79 Å². The first-order valence-corrected chi connectivity index (χ1v) is 12.2. The number of aliphatic carboxylic acids is 1. The molecule has 1 aromatic rings. The molecule has 0 bridgehead atoms. The Labute approximate surface area is 162 Å². The summed E-state index contributed by atoms with van der Waals surface area (Å²) in [5, 5.41) is 20.1. The van der Waals surface area contributed by atoms with E-state index in [1.807, 2.05) is 0 Å². The molecule has 27 heavy (non-hydrogen) atoms. The number of carboxylic acid groups (broad SMARTS) is 1. The van der Waals surface area contributed by atoms with Crippen LogP contribution in [-0.4, -0.2) is 44.5 Å². The van der Waals surface area contributed by atoms with Crippen LogP contribution in [0.2, 0.25) is 0 Å². The van der Waals surface area contributed by atoms with Crippen LogP contribution in [0.1, 0.15) is 59.3 Å². The summed E-state index contributed by atoms with van der Waals surface area (Å²) in [7, 11) is 0. The Morgan fingerprint density at radius 3 is 2.26 bits per heavy atom. The standard InChI is InChI=1S/C10H20O2.C8H10AsNO5/c1-3-4-6-9(2)7-5-8-10(11)12;1-5(11)10-7-4-2-3-6(8(7)12)9(13,14)15/h9H,3-8H2,1-2H3,(H,11,12);2-4,12H,1H3,(H,10,11)(H2,13,14,15). The summed E-state index contributed by atoms with van der Waals surface area (Å²) in [6.45, 7) is 5.62. The molecule has 0 saturated carbocycles. The van der Waals surface area contributed by atoms with Gasteiger partial charge in [0, 0.05) is 6.42 Å². The maximum Gasteiger partial charge on any atom is 0.303 e. The van der Waals surface area contributed by atoms with Crippen LogP contribution in [0.5, 0.6) is 5.75 Å². The van der Waals surface area contributed by atoms with Gasteiger partial charge in [-0.15, -0.1) is 0 Å². The third-order valence-corrected chi connectivity index (χ3v) is 5.85. The molecule has 1 unspecified atom stereocenters. The van der Waals surface area contributed by atoms with Crippen molar-refractivity contribution >= 4 is 36.1 Å². The number of hydrogen-bond donors (Lipinski definition) is 5. The molecule has 0 aliphatic heterocycles. The Bertz CT molecular complexity index is 657. The van der Waals surface area contributed by atoms with Crippen LogP contribution in [0.4, 0.5) is 5.69 Å². The number of rotatable bonds is 9. The van der Waals surface area contributed by atoms with Crippen molar-refractivity contribution in [2.24, 2.45) is 5.92 Å². The van der Waals surface area contributed by atoms with Gasteiger partial charge in [0.25, 0.3) is 0 Å². The molecule has 1 aromatic carbocycles. The molecule has 1 atom stereocenters. The summed E-state index contributed by atoms with van der Waals surface area (Å²) in [4.78, 5) is 20.9. The quantitative estimate of drug-likeness (QED) is 0.288. The van der Waals surface area contributed by atoms with Crippen molar-refractivity contribution in [1.29, 1.82) is 0 Å². The van der Waals surface area contributed by atoms with E-state index in [1.54, 1.807) is 0 Å². The first-order valence-electron chi connectivity index (χ1n) is 8.86. The summed E-state index contributed by atoms with van der Waals surface area (Å²) in [6.07, 6.45) is 5.98. The molecular formula is C18H30AsNO7. The molecule has 154 valence electrons. The van der Waals surface area contributed by atoms with Crippen LogP contribution in [-0.2, 0) is 13.3 Å². The van der Waals surface area contributed by atoms with Crippen molar-refractivity contribution in [3.63, 3.8) is 0 Å². The molecule has 9 heteroatoms. The number of carbonyl (C=O) groups excluding carboxylic acids is 1.